The van der Waals surface area contributed by atoms with Gasteiger partial charge in [-0.1, -0.05) is 40.0 Å². The largest absolute Gasteiger partial charge is 0.460 e. The second-order valence-corrected chi connectivity index (χ2v) is 7.24. The van der Waals surface area contributed by atoms with Crippen LogP contribution in [0.5, 0.6) is 0 Å². The van der Waals surface area contributed by atoms with Crippen LogP contribution >= 0.6 is 15.9 Å². The number of hydrogen-bond acceptors (Lipinski definition) is 3. The summed E-state index contributed by atoms with van der Waals surface area (Å²) < 4.78 is 8.42. The SMILES string of the molecule is C#CCn1cc(CN2COC=N2)c2cc(Cc3ccc(Br)cc3)ccc21. The van der Waals surface area contributed by atoms with Crippen LogP contribution in [0.25, 0.3) is 10.9 Å². The van der Waals surface area contributed by atoms with Gasteiger partial charge in [-0.25, -0.2) is 0 Å². The van der Waals surface area contributed by atoms with Crippen molar-refractivity contribution >= 4 is 33.2 Å². The Labute approximate surface area is 161 Å². The Morgan fingerprint density at radius 2 is 1.96 bits per heavy atom. The molecular formula is C21H18BrN3O. The fraction of sp³-hybridized carbons (Fsp3) is 0.190. The third-order valence-corrected chi connectivity index (χ3v) is 5.00. The van der Waals surface area contributed by atoms with Crippen LogP contribution in [0.2, 0.25) is 0 Å². The van der Waals surface area contributed by atoms with Gasteiger partial charge in [-0.2, -0.15) is 0 Å². The molecule has 0 saturated carbocycles. The summed E-state index contributed by atoms with van der Waals surface area (Å²) in [6.07, 6.45) is 10.0. The number of aromatic nitrogens is 1. The van der Waals surface area contributed by atoms with Crippen molar-refractivity contribution in [2.75, 3.05) is 6.73 Å². The lowest BCUT2D eigenvalue weighted by Crippen LogP contribution is -2.13. The number of rotatable bonds is 5. The molecule has 26 heavy (non-hydrogen) atoms. The van der Waals surface area contributed by atoms with Crippen molar-refractivity contribution in [2.45, 2.75) is 19.5 Å². The van der Waals surface area contributed by atoms with Crippen molar-refractivity contribution in [3.8, 4) is 12.3 Å². The normalized spacial score (nSPS) is 13.2. The van der Waals surface area contributed by atoms with Gasteiger partial charge in [0.25, 0.3) is 0 Å². The highest BCUT2D eigenvalue weighted by atomic mass is 79.9. The minimum absolute atomic E-state index is 0.487. The van der Waals surface area contributed by atoms with Crippen LogP contribution in [0.3, 0.4) is 0 Å². The third-order valence-electron chi connectivity index (χ3n) is 4.47. The summed E-state index contributed by atoms with van der Waals surface area (Å²) in [5.41, 5.74) is 4.92. The Bertz CT molecular complexity index is 999. The zero-order valence-electron chi connectivity index (χ0n) is 14.2. The molecule has 0 fully saturated rings. The second-order valence-electron chi connectivity index (χ2n) is 6.32. The first-order valence-electron chi connectivity index (χ1n) is 8.40. The zero-order chi connectivity index (χ0) is 17.9. The lowest BCUT2D eigenvalue weighted by atomic mass is 10.0. The summed E-state index contributed by atoms with van der Waals surface area (Å²) in [6.45, 7) is 1.75. The van der Waals surface area contributed by atoms with Gasteiger partial charge in [-0.15, -0.1) is 11.5 Å². The number of nitrogens with zero attached hydrogens (tertiary/aromatic N) is 3. The van der Waals surface area contributed by atoms with Crippen LogP contribution in [-0.4, -0.2) is 22.7 Å². The summed E-state index contributed by atoms with van der Waals surface area (Å²) in [5.74, 6) is 2.73. The number of benzene rings is 2. The molecule has 4 nitrogen and oxygen atoms in total. The Morgan fingerprint density at radius 1 is 1.15 bits per heavy atom. The maximum atomic E-state index is 5.54. The molecule has 1 aromatic heterocycles. The molecule has 0 unspecified atom stereocenters. The first-order chi connectivity index (χ1) is 12.7. The highest BCUT2D eigenvalue weighted by Crippen LogP contribution is 2.26. The Morgan fingerprint density at radius 3 is 2.69 bits per heavy atom. The number of terminal acetylenes is 1. The first kappa shape index (κ1) is 16.7. The average Bonchev–Trinajstić information content (AvgIpc) is 3.27. The standard InChI is InChI=1S/C21H18BrN3O/c1-2-9-24-12-18(13-25-15-26-14-23-25)20-11-17(5-8-21(20)24)10-16-3-6-19(22)7-4-16/h1,3-8,11-12,14H,9-10,13,15H2. The van der Waals surface area contributed by atoms with Crippen molar-refractivity contribution in [1.82, 2.24) is 9.58 Å². The molecule has 1 aliphatic rings. The molecule has 0 N–H and O–H groups in total. The van der Waals surface area contributed by atoms with E-state index in [9.17, 15) is 0 Å². The van der Waals surface area contributed by atoms with Gasteiger partial charge < -0.3 is 9.30 Å². The van der Waals surface area contributed by atoms with Crippen LogP contribution in [0.1, 0.15) is 16.7 Å². The van der Waals surface area contributed by atoms with Crippen molar-refractivity contribution in [1.29, 1.82) is 0 Å². The Balaban J connectivity index is 1.69. The molecule has 130 valence electrons. The van der Waals surface area contributed by atoms with Gasteiger partial charge in [0.15, 0.2) is 13.1 Å². The molecular weight excluding hydrogens is 390 g/mol. The minimum Gasteiger partial charge on any atom is -0.460 e. The van der Waals surface area contributed by atoms with Gasteiger partial charge in [0.1, 0.15) is 0 Å². The maximum Gasteiger partial charge on any atom is 0.195 e. The van der Waals surface area contributed by atoms with Crippen LogP contribution in [0, 0.1) is 12.3 Å². The number of halogens is 1. The molecule has 0 radical (unpaired) electrons. The molecule has 0 saturated heterocycles. The molecule has 4 rings (SSSR count). The van der Waals surface area contributed by atoms with Gasteiger partial charge >= 0.3 is 0 Å². The molecule has 3 aromatic rings. The monoisotopic (exact) mass is 407 g/mol. The molecule has 0 atom stereocenters. The van der Waals surface area contributed by atoms with E-state index in [1.165, 1.54) is 28.5 Å². The van der Waals surface area contributed by atoms with Gasteiger partial charge in [-0.3, -0.25) is 5.01 Å². The van der Waals surface area contributed by atoms with E-state index in [2.05, 4.69) is 80.2 Å². The van der Waals surface area contributed by atoms with E-state index < -0.39 is 0 Å². The molecule has 2 heterocycles. The average molecular weight is 408 g/mol. The molecule has 1 aliphatic heterocycles. The van der Waals surface area contributed by atoms with E-state index in [0.29, 0.717) is 19.8 Å². The highest BCUT2D eigenvalue weighted by molar-refractivity contribution is 9.10. The van der Waals surface area contributed by atoms with Crippen molar-refractivity contribution in [3.63, 3.8) is 0 Å². The van der Waals surface area contributed by atoms with Gasteiger partial charge in [-0.05, 0) is 47.4 Å². The fourth-order valence-electron chi connectivity index (χ4n) is 3.26. The predicted octanol–water partition coefficient (Wildman–Crippen LogP) is 4.36. The first-order valence-corrected chi connectivity index (χ1v) is 9.20. The van der Waals surface area contributed by atoms with E-state index in [4.69, 9.17) is 11.2 Å². The van der Waals surface area contributed by atoms with Gasteiger partial charge in [0.2, 0.25) is 0 Å². The Hall–Kier alpha value is -2.71. The minimum atomic E-state index is 0.487. The van der Waals surface area contributed by atoms with E-state index >= 15 is 0 Å². The second kappa shape index (κ2) is 7.27. The smallest absolute Gasteiger partial charge is 0.195 e. The molecule has 0 bridgehead atoms. The van der Waals surface area contributed by atoms with E-state index in [0.717, 1.165) is 16.4 Å². The summed E-state index contributed by atoms with van der Waals surface area (Å²) in [7, 11) is 0. The summed E-state index contributed by atoms with van der Waals surface area (Å²) >= 11 is 3.49. The van der Waals surface area contributed by atoms with Crippen LogP contribution in [-0.2, 0) is 24.2 Å². The highest BCUT2D eigenvalue weighted by Gasteiger charge is 2.14. The summed E-state index contributed by atoms with van der Waals surface area (Å²) in [6, 6.07) is 15.1. The lowest BCUT2D eigenvalue weighted by molar-refractivity contribution is 0.166. The summed E-state index contributed by atoms with van der Waals surface area (Å²) in [5, 5.41) is 7.34. The number of ether oxygens (including phenoxy) is 1. The topological polar surface area (TPSA) is 29.8 Å². The van der Waals surface area contributed by atoms with Gasteiger partial charge in [0.05, 0.1) is 13.1 Å². The molecule has 0 amide bonds. The number of hydrazone groups is 1. The lowest BCUT2D eigenvalue weighted by Gasteiger charge is -2.11. The molecule has 5 heteroatoms. The van der Waals surface area contributed by atoms with Crippen LogP contribution in [0.15, 0.2) is 58.2 Å². The predicted molar refractivity (Wildman–Crippen MR) is 108 cm³/mol. The molecule has 0 aliphatic carbocycles. The quantitative estimate of drug-likeness (QED) is 0.588. The molecule has 0 spiro atoms. The molecule has 2 aromatic carbocycles. The van der Waals surface area contributed by atoms with Crippen molar-refractivity contribution < 1.29 is 4.74 Å². The van der Waals surface area contributed by atoms with Crippen LogP contribution in [0.4, 0.5) is 0 Å². The fourth-order valence-corrected chi connectivity index (χ4v) is 3.52. The summed E-state index contributed by atoms with van der Waals surface area (Å²) in [4.78, 5) is 0. The number of hydrogen-bond donors (Lipinski definition) is 0. The van der Waals surface area contributed by atoms with E-state index in [1.807, 2.05) is 5.01 Å². The maximum absolute atomic E-state index is 5.54. The Kier molecular flexibility index (Phi) is 4.68. The zero-order valence-corrected chi connectivity index (χ0v) is 15.8. The van der Waals surface area contributed by atoms with E-state index in [-0.39, 0.29) is 0 Å². The third kappa shape index (κ3) is 3.47. The van der Waals surface area contributed by atoms with Crippen LogP contribution < -0.4 is 0 Å². The van der Waals surface area contributed by atoms with Gasteiger partial charge in [0, 0.05) is 21.6 Å². The number of fused-ring (bicyclic) bond motifs is 1. The van der Waals surface area contributed by atoms with Crippen molar-refractivity contribution in [3.05, 3.63) is 69.8 Å². The van der Waals surface area contributed by atoms with Crippen molar-refractivity contribution in [2.24, 2.45) is 5.10 Å². The van der Waals surface area contributed by atoms with E-state index in [1.54, 1.807) is 0 Å².